The molecule has 118 valence electrons. The Morgan fingerprint density at radius 2 is 1.86 bits per heavy atom. The fourth-order valence-electron chi connectivity index (χ4n) is 3.64. The van der Waals surface area contributed by atoms with Gasteiger partial charge in [-0.2, -0.15) is 0 Å². The first kappa shape index (κ1) is 15.1. The molecule has 2 aliphatic rings. The number of benzene rings is 1. The molecule has 1 aromatic rings. The van der Waals surface area contributed by atoms with E-state index in [0.717, 1.165) is 50.8 Å². The lowest BCUT2D eigenvalue weighted by molar-refractivity contribution is -0.137. The third kappa shape index (κ3) is 3.32. The molecular weight excluding hydrogens is 278 g/mol. The number of likely N-dealkylation sites (tertiary alicyclic amines) is 1. The van der Waals surface area contributed by atoms with Gasteiger partial charge in [-0.05, 0) is 67.7 Å². The molecule has 1 aliphatic carbocycles. The minimum atomic E-state index is -0.725. The molecule has 4 heteroatoms. The second-order valence-corrected chi connectivity index (χ2v) is 6.51. The molecule has 1 aliphatic heterocycles. The Kier molecular flexibility index (Phi) is 4.46. The van der Waals surface area contributed by atoms with Crippen LogP contribution in [0.25, 0.3) is 0 Å². The van der Waals surface area contributed by atoms with Crippen molar-refractivity contribution in [3.8, 4) is 0 Å². The van der Waals surface area contributed by atoms with Crippen molar-refractivity contribution in [1.29, 1.82) is 0 Å². The molecule has 0 atom stereocenters. The third-order valence-electron chi connectivity index (χ3n) is 5.01. The zero-order valence-corrected chi connectivity index (χ0v) is 12.9. The third-order valence-corrected chi connectivity index (χ3v) is 5.01. The second-order valence-electron chi connectivity index (χ2n) is 6.51. The largest absolute Gasteiger partial charge is 0.481 e. The number of carbonyl (C=O) groups excluding carboxylic acids is 1. The van der Waals surface area contributed by atoms with Gasteiger partial charge in [-0.25, -0.2) is 0 Å². The molecule has 0 bridgehead atoms. The summed E-state index contributed by atoms with van der Waals surface area (Å²) in [6.45, 7) is 1.50. The number of amides is 1. The topological polar surface area (TPSA) is 57.6 Å². The fourth-order valence-corrected chi connectivity index (χ4v) is 3.64. The number of piperidine rings is 1. The molecule has 0 radical (unpaired) electrons. The van der Waals surface area contributed by atoms with Crippen molar-refractivity contribution < 1.29 is 14.7 Å². The first-order valence-electron chi connectivity index (χ1n) is 8.26. The molecule has 1 saturated heterocycles. The van der Waals surface area contributed by atoms with Crippen LogP contribution in [-0.4, -0.2) is 35.0 Å². The van der Waals surface area contributed by atoms with Gasteiger partial charge in [0, 0.05) is 25.1 Å². The van der Waals surface area contributed by atoms with E-state index in [1.807, 2.05) is 11.0 Å². The molecule has 3 rings (SSSR count). The van der Waals surface area contributed by atoms with Crippen LogP contribution in [0.4, 0.5) is 0 Å². The number of hydrogen-bond acceptors (Lipinski definition) is 2. The number of carboxylic acids is 1. The Morgan fingerprint density at radius 3 is 2.59 bits per heavy atom. The van der Waals surface area contributed by atoms with E-state index in [9.17, 15) is 9.59 Å². The van der Waals surface area contributed by atoms with Crippen molar-refractivity contribution in [2.45, 2.75) is 44.9 Å². The summed E-state index contributed by atoms with van der Waals surface area (Å²) >= 11 is 0. The Balaban J connectivity index is 1.57. The van der Waals surface area contributed by atoms with Crippen LogP contribution in [0.3, 0.4) is 0 Å². The lowest BCUT2D eigenvalue weighted by Gasteiger charge is -2.32. The Morgan fingerprint density at radius 1 is 1.14 bits per heavy atom. The van der Waals surface area contributed by atoms with E-state index in [2.05, 4.69) is 12.1 Å². The summed E-state index contributed by atoms with van der Waals surface area (Å²) in [5, 5.41) is 8.75. The van der Waals surface area contributed by atoms with Crippen molar-refractivity contribution in [1.82, 2.24) is 4.90 Å². The molecule has 1 fully saturated rings. The highest BCUT2D eigenvalue weighted by Crippen LogP contribution is 2.26. The standard InChI is InChI=1S/C18H23NO3/c20-17(21)7-4-13-8-10-19(11-9-13)18(22)16-6-5-14-2-1-3-15(14)12-16/h5-6,12-13H,1-4,7-11H2,(H,20,21). The van der Waals surface area contributed by atoms with Crippen LogP contribution in [0.5, 0.6) is 0 Å². The van der Waals surface area contributed by atoms with Crippen LogP contribution in [-0.2, 0) is 17.6 Å². The van der Waals surface area contributed by atoms with E-state index < -0.39 is 5.97 Å². The van der Waals surface area contributed by atoms with Crippen LogP contribution in [0.15, 0.2) is 18.2 Å². The van der Waals surface area contributed by atoms with Crippen molar-refractivity contribution in [2.24, 2.45) is 5.92 Å². The van der Waals surface area contributed by atoms with Crippen LogP contribution in [0, 0.1) is 5.92 Å². The number of rotatable bonds is 4. The molecular formula is C18H23NO3. The van der Waals surface area contributed by atoms with Crippen molar-refractivity contribution >= 4 is 11.9 Å². The predicted molar refractivity (Wildman–Crippen MR) is 84.0 cm³/mol. The van der Waals surface area contributed by atoms with Gasteiger partial charge < -0.3 is 10.0 Å². The Hall–Kier alpha value is -1.84. The molecule has 1 N–H and O–H groups in total. The molecule has 1 aromatic carbocycles. The Bertz CT molecular complexity index is 574. The normalized spacial score (nSPS) is 18.3. The van der Waals surface area contributed by atoms with Gasteiger partial charge >= 0.3 is 5.97 Å². The fraction of sp³-hybridized carbons (Fsp3) is 0.556. The van der Waals surface area contributed by atoms with E-state index in [0.29, 0.717) is 5.92 Å². The highest BCUT2D eigenvalue weighted by Gasteiger charge is 2.24. The Labute approximate surface area is 131 Å². The molecule has 4 nitrogen and oxygen atoms in total. The maximum absolute atomic E-state index is 12.6. The molecule has 22 heavy (non-hydrogen) atoms. The molecule has 1 amide bonds. The number of aryl methyl sites for hydroxylation is 2. The smallest absolute Gasteiger partial charge is 0.303 e. The maximum atomic E-state index is 12.6. The van der Waals surface area contributed by atoms with Crippen LogP contribution in [0.1, 0.15) is 53.6 Å². The number of aliphatic carboxylic acids is 1. The number of nitrogens with zero attached hydrogens (tertiary/aromatic N) is 1. The SMILES string of the molecule is O=C(O)CCC1CCN(C(=O)c2ccc3c(c2)CCC3)CC1. The van der Waals surface area contributed by atoms with Crippen molar-refractivity contribution in [2.75, 3.05) is 13.1 Å². The van der Waals surface area contributed by atoms with Gasteiger partial charge in [0.05, 0.1) is 0 Å². The van der Waals surface area contributed by atoms with Crippen LogP contribution in [0.2, 0.25) is 0 Å². The number of carboxylic acid groups (broad SMARTS) is 1. The van der Waals surface area contributed by atoms with Crippen molar-refractivity contribution in [3.63, 3.8) is 0 Å². The molecule has 0 aromatic heterocycles. The van der Waals surface area contributed by atoms with E-state index in [4.69, 9.17) is 5.11 Å². The minimum absolute atomic E-state index is 0.131. The molecule has 0 spiro atoms. The quantitative estimate of drug-likeness (QED) is 0.930. The first-order chi connectivity index (χ1) is 10.6. The average Bonchev–Trinajstić information content (AvgIpc) is 3.00. The van der Waals surface area contributed by atoms with Gasteiger partial charge in [0.1, 0.15) is 0 Å². The minimum Gasteiger partial charge on any atom is -0.481 e. The van der Waals surface area contributed by atoms with Crippen LogP contribution >= 0.6 is 0 Å². The number of fused-ring (bicyclic) bond motifs is 1. The highest BCUT2D eigenvalue weighted by molar-refractivity contribution is 5.94. The zero-order valence-electron chi connectivity index (χ0n) is 12.9. The van der Waals surface area contributed by atoms with Gasteiger partial charge in [-0.15, -0.1) is 0 Å². The van der Waals surface area contributed by atoms with Gasteiger partial charge in [-0.3, -0.25) is 9.59 Å². The highest BCUT2D eigenvalue weighted by atomic mass is 16.4. The summed E-state index contributed by atoms with van der Waals surface area (Å²) in [6.07, 6.45) is 6.24. The summed E-state index contributed by atoms with van der Waals surface area (Å²) in [5.41, 5.74) is 3.54. The average molecular weight is 301 g/mol. The lowest BCUT2D eigenvalue weighted by Crippen LogP contribution is -2.38. The van der Waals surface area contributed by atoms with Crippen LogP contribution < -0.4 is 0 Å². The monoisotopic (exact) mass is 301 g/mol. The van der Waals surface area contributed by atoms with Gasteiger partial charge in [0.2, 0.25) is 0 Å². The molecule has 1 heterocycles. The summed E-state index contributed by atoms with van der Waals surface area (Å²) in [5.74, 6) is -0.150. The predicted octanol–water partition coefficient (Wildman–Crippen LogP) is 2.89. The summed E-state index contributed by atoms with van der Waals surface area (Å²) < 4.78 is 0. The van der Waals surface area contributed by atoms with Gasteiger partial charge in [-0.1, -0.05) is 6.07 Å². The molecule has 0 saturated carbocycles. The van der Waals surface area contributed by atoms with E-state index in [1.54, 1.807) is 0 Å². The second kappa shape index (κ2) is 6.51. The number of hydrogen-bond donors (Lipinski definition) is 1. The summed E-state index contributed by atoms with van der Waals surface area (Å²) in [4.78, 5) is 25.2. The van der Waals surface area contributed by atoms with E-state index >= 15 is 0 Å². The summed E-state index contributed by atoms with van der Waals surface area (Å²) in [7, 11) is 0. The number of carbonyl (C=O) groups is 2. The van der Waals surface area contributed by atoms with E-state index in [-0.39, 0.29) is 12.3 Å². The maximum Gasteiger partial charge on any atom is 0.303 e. The van der Waals surface area contributed by atoms with E-state index in [1.165, 1.54) is 17.5 Å². The first-order valence-corrected chi connectivity index (χ1v) is 8.26. The summed E-state index contributed by atoms with van der Waals surface area (Å²) in [6, 6.07) is 6.14. The lowest BCUT2D eigenvalue weighted by atomic mass is 9.92. The zero-order chi connectivity index (χ0) is 15.5. The van der Waals surface area contributed by atoms with Gasteiger partial charge in [0.15, 0.2) is 0 Å². The van der Waals surface area contributed by atoms with Crippen molar-refractivity contribution in [3.05, 3.63) is 34.9 Å². The molecule has 0 unspecified atom stereocenters. The van der Waals surface area contributed by atoms with Gasteiger partial charge in [0.25, 0.3) is 5.91 Å².